The number of hydrogen-bond acceptors (Lipinski definition) is 3. The van der Waals surface area contributed by atoms with Crippen LogP contribution in [0.15, 0.2) is 36.5 Å². The van der Waals surface area contributed by atoms with Gasteiger partial charge < -0.3 is 5.32 Å². The molecule has 3 nitrogen and oxygen atoms in total. The second-order valence-corrected chi connectivity index (χ2v) is 5.85. The number of hydrogen-bond donors (Lipinski definition) is 1. The van der Waals surface area contributed by atoms with Crippen LogP contribution in [0, 0.1) is 0 Å². The lowest BCUT2D eigenvalue weighted by Crippen LogP contribution is -2.15. The third kappa shape index (κ3) is 3.23. The Bertz CT molecular complexity index is 555. The first-order valence-corrected chi connectivity index (χ1v) is 6.97. The average molecular weight is 262 g/mol. The van der Waals surface area contributed by atoms with Crippen LogP contribution in [-0.2, 0) is 4.79 Å². The highest BCUT2D eigenvalue weighted by atomic mass is 32.2. The molecule has 0 aliphatic heterocycles. The molecule has 1 amide bonds. The van der Waals surface area contributed by atoms with Crippen LogP contribution >= 0.6 is 11.8 Å². The first kappa shape index (κ1) is 12.9. The molecule has 0 bridgehead atoms. The van der Waals surface area contributed by atoms with Gasteiger partial charge in [0.15, 0.2) is 0 Å². The van der Waals surface area contributed by atoms with E-state index in [2.05, 4.69) is 24.1 Å². The number of carbonyl (C=O) groups is 1. The fourth-order valence-corrected chi connectivity index (χ4v) is 2.20. The molecule has 1 aromatic heterocycles. The van der Waals surface area contributed by atoms with E-state index >= 15 is 0 Å². The summed E-state index contributed by atoms with van der Waals surface area (Å²) in [4.78, 5) is 16.1. The van der Waals surface area contributed by atoms with Crippen LogP contribution in [0.1, 0.15) is 15.3 Å². The Hall–Kier alpha value is -1.55. The number of nitrogens with one attached hydrogen (secondary N) is 1. The van der Waals surface area contributed by atoms with E-state index in [4.69, 9.17) is 0 Å². The van der Waals surface area contributed by atoms with E-state index in [0.717, 1.165) is 16.6 Å². The Morgan fingerprint density at radius 2 is 2.22 bits per heavy atom. The molecular weight excluding hydrogens is 244 g/mol. The summed E-state index contributed by atoms with van der Waals surface area (Å²) in [6.45, 7) is 4.17. The highest BCUT2D eigenvalue weighted by molar-refractivity contribution is 8.00. The van der Waals surface area contributed by atoms with Gasteiger partial charge in [0, 0.05) is 13.0 Å². The molecule has 4 heteroatoms. The van der Waals surface area contributed by atoms with E-state index in [1.807, 2.05) is 30.3 Å². The van der Waals surface area contributed by atoms with E-state index in [0.29, 0.717) is 11.0 Å². The fourth-order valence-electron chi connectivity index (χ4n) is 1.64. The SMILES string of the molecule is CC(C)SCC(=O)Nc1cccc2ncccc12.[HH]. The first-order chi connectivity index (χ1) is 8.66. The molecule has 0 atom stereocenters. The van der Waals surface area contributed by atoms with Crippen molar-refractivity contribution in [3.05, 3.63) is 36.5 Å². The normalized spacial score (nSPS) is 10.8. The summed E-state index contributed by atoms with van der Waals surface area (Å²) < 4.78 is 0. The molecule has 1 aromatic carbocycles. The highest BCUT2D eigenvalue weighted by Crippen LogP contribution is 2.21. The molecule has 1 heterocycles. The van der Waals surface area contributed by atoms with Gasteiger partial charge in [-0.2, -0.15) is 0 Å². The van der Waals surface area contributed by atoms with Crippen LogP contribution in [0.2, 0.25) is 0 Å². The predicted octanol–water partition coefficient (Wildman–Crippen LogP) is 3.56. The van der Waals surface area contributed by atoms with Crippen LogP contribution in [0.3, 0.4) is 0 Å². The van der Waals surface area contributed by atoms with Crippen LogP contribution in [0.5, 0.6) is 0 Å². The minimum atomic E-state index is 0. The van der Waals surface area contributed by atoms with E-state index < -0.39 is 0 Å². The monoisotopic (exact) mass is 262 g/mol. The zero-order valence-corrected chi connectivity index (χ0v) is 11.3. The van der Waals surface area contributed by atoms with Crippen molar-refractivity contribution in [3.63, 3.8) is 0 Å². The van der Waals surface area contributed by atoms with Crippen molar-refractivity contribution >= 4 is 34.3 Å². The summed E-state index contributed by atoms with van der Waals surface area (Å²) in [6, 6.07) is 9.59. The van der Waals surface area contributed by atoms with Gasteiger partial charge in [0.2, 0.25) is 5.91 Å². The molecule has 0 radical (unpaired) electrons. The first-order valence-electron chi connectivity index (χ1n) is 5.92. The van der Waals surface area contributed by atoms with Gasteiger partial charge in [-0.1, -0.05) is 19.9 Å². The molecule has 2 rings (SSSR count). The van der Waals surface area contributed by atoms with Crippen LogP contribution in [0.25, 0.3) is 10.9 Å². The molecular formula is C14H18N2OS. The number of benzene rings is 1. The molecule has 2 aromatic rings. The van der Waals surface area contributed by atoms with Gasteiger partial charge >= 0.3 is 0 Å². The number of amides is 1. The third-order valence-corrected chi connectivity index (χ3v) is 3.56. The number of rotatable bonds is 4. The summed E-state index contributed by atoms with van der Waals surface area (Å²) in [6.07, 6.45) is 1.75. The number of anilines is 1. The summed E-state index contributed by atoms with van der Waals surface area (Å²) in [5.41, 5.74) is 1.72. The maximum absolute atomic E-state index is 11.8. The molecule has 0 aliphatic rings. The van der Waals surface area contributed by atoms with Gasteiger partial charge in [-0.3, -0.25) is 9.78 Å². The zero-order valence-electron chi connectivity index (χ0n) is 10.5. The molecule has 0 saturated heterocycles. The van der Waals surface area contributed by atoms with E-state index in [1.54, 1.807) is 18.0 Å². The quantitative estimate of drug-likeness (QED) is 0.916. The number of aromatic nitrogens is 1. The molecule has 0 spiro atoms. The van der Waals surface area contributed by atoms with E-state index in [9.17, 15) is 4.79 Å². The molecule has 0 aliphatic carbocycles. The zero-order chi connectivity index (χ0) is 13.0. The Morgan fingerprint density at radius 3 is 3.00 bits per heavy atom. The largest absolute Gasteiger partial charge is 0.325 e. The van der Waals surface area contributed by atoms with Gasteiger partial charge in [-0.25, -0.2) is 0 Å². The Balaban J connectivity index is 0.00000180. The summed E-state index contributed by atoms with van der Waals surface area (Å²) in [5, 5.41) is 4.38. The number of pyridine rings is 1. The topological polar surface area (TPSA) is 42.0 Å². The maximum Gasteiger partial charge on any atom is 0.234 e. The van der Waals surface area contributed by atoms with Gasteiger partial charge in [0.1, 0.15) is 0 Å². The number of fused-ring (bicyclic) bond motifs is 1. The van der Waals surface area contributed by atoms with E-state index in [1.165, 1.54) is 0 Å². The summed E-state index contributed by atoms with van der Waals surface area (Å²) in [7, 11) is 0. The Kier molecular flexibility index (Phi) is 4.20. The maximum atomic E-state index is 11.8. The lowest BCUT2D eigenvalue weighted by molar-refractivity contribution is -0.113. The van der Waals surface area contributed by atoms with Crippen molar-refractivity contribution < 1.29 is 6.22 Å². The minimum absolute atomic E-state index is 0. The fraction of sp³-hybridized carbons (Fsp3) is 0.286. The second kappa shape index (κ2) is 5.87. The Morgan fingerprint density at radius 1 is 1.39 bits per heavy atom. The second-order valence-electron chi connectivity index (χ2n) is 4.28. The summed E-state index contributed by atoms with van der Waals surface area (Å²) >= 11 is 1.64. The van der Waals surface area contributed by atoms with Gasteiger partial charge in [0.25, 0.3) is 0 Å². The van der Waals surface area contributed by atoms with Crippen molar-refractivity contribution in [1.29, 1.82) is 0 Å². The molecule has 0 unspecified atom stereocenters. The highest BCUT2D eigenvalue weighted by Gasteiger charge is 2.07. The molecule has 0 saturated carbocycles. The smallest absolute Gasteiger partial charge is 0.234 e. The van der Waals surface area contributed by atoms with Gasteiger partial charge in [-0.15, -0.1) is 11.8 Å². The Labute approximate surface area is 112 Å². The molecule has 0 fully saturated rings. The number of carbonyl (C=O) groups excluding carboxylic acids is 1. The summed E-state index contributed by atoms with van der Waals surface area (Å²) in [5.74, 6) is 0.513. The number of thioether (sulfide) groups is 1. The van der Waals surface area contributed by atoms with Crippen LogP contribution < -0.4 is 5.32 Å². The van der Waals surface area contributed by atoms with Crippen molar-refractivity contribution in [2.45, 2.75) is 19.1 Å². The minimum Gasteiger partial charge on any atom is -0.325 e. The van der Waals surface area contributed by atoms with Crippen molar-refractivity contribution in [3.8, 4) is 0 Å². The van der Waals surface area contributed by atoms with Crippen LogP contribution in [-0.4, -0.2) is 21.9 Å². The molecule has 96 valence electrons. The standard InChI is InChI=1S/C14H16N2OS.H2/c1-10(2)18-9-14(17)16-13-7-3-6-12-11(13)5-4-8-15-12;/h3-8,10H,9H2,1-2H3,(H,16,17);1H. The van der Waals surface area contributed by atoms with Crippen molar-refractivity contribution in [2.75, 3.05) is 11.1 Å². The third-order valence-electron chi connectivity index (χ3n) is 2.47. The number of nitrogens with zero attached hydrogens (tertiary/aromatic N) is 1. The van der Waals surface area contributed by atoms with E-state index in [-0.39, 0.29) is 7.33 Å². The van der Waals surface area contributed by atoms with Gasteiger partial charge in [0.05, 0.1) is 17.0 Å². The average Bonchev–Trinajstić information content (AvgIpc) is 2.37. The van der Waals surface area contributed by atoms with Crippen LogP contribution in [0.4, 0.5) is 5.69 Å². The lowest BCUT2D eigenvalue weighted by Gasteiger charge is -2.09. The van der Waals surface area contributed by atoms with Gasteiger partial charge in [-0.05, 0) is 29.5 Å². The molecule has 18 heavy (non-hydrogen) atoms. The van der Waals surface area contributed by atoms with Crippen molar-refractivity contribution in [2.24, 2.45) is 0 Å². The lowest BCUT2D eigenvalue weighted by atomic mass is 10.2. The molecule has 1 N–H and O–H groups in total. The predicted molar refractivity (Wildman–Crippen MR) is 80.1 cm³/mol. The van der Waals surface area contributed by atoms with Crippen molar-refractivity contribution in [1.82, 2.24) is 4.98 Å².